The standard InChI is InChI=1S/C28H30N4O4/c33-25-5-4-23(27(34)30-25)32-15-20-12-22-24(13-21(20)16-36-32)35-17-28(22)7-9-29-14-19-3-1-2-18-6-10-31(11-8-28)26(18)19/h1-3,6,10,12-13,23,29H,4-5,7-9,11,14-17H2,(H,30,33,34). The van der Waals surface area contributed by atoms with Crippen molar-refractivity contribution < 1.29 is 19.2 Å². The number of hydrogen-bond donors (Lipinski definition) is 2. The van der Waals surface area contributed by atoms with Crippen LogP contribution in [0.5, 0.6) is 5.75 Å². The summed E-state index contributed by atoms with van der Waals surface area (Å²) in [7, 11) is 0. The average molecular weight is 487 g/mol. The summed E-state index contributed by atoms with van der Waals surface area (Å²) in [6, 6.07) is 12.8. The molecule has 5 heterocycles. The normalized spacial score (nSPS) is 26.4. The molecule has 8 heteroatoms. The van der Waals surface area contributed by atoms with Gasteiger partial charge >= 0.3 is 0 Å². The molecule has 2 atom stereocenters. The Morgan fingerprint density at radius 2 is 2.00 bits per heavy atom. The van der Waals surface area contributed by atoms with Gasteiger partial charge in [0.2, 0.25) is 11.8 Å². The summed E-state index contributed by atoms with van der Waals surface area (Å²) in [6.07, 6.45) is 5.02. The maximum atomic E-state index is 12.4. The molecule has 7 rings (SSSR count). The van der Waals surface area contributed by atoms with Gasteiger partial charge in [0.25, 0.3) is 0 Å². The second-order valence-corrected chi connectivity index (χ2v) is 10.5. The van der Waals surface area contributed by atoms with Gasteiger partial charge in [-0.1, -0.05) is 18.2 Å². The van der Waals surface area contributed by atoms with Crippen LogP contribution in [0.3, 0.4) is 0 Å². The Bertz CT molecular complexity index is 1380. The van der Waals surface area contributed by atoms with Gasteiger partial charge in [-0.05, 0) is 66.1 Å². The number of hydroxylamine groups is 2. The van der Waals surface area contributed by atoms with Crippen LogP contribution in [0.2, 0.25) is 0 Å². The number of rotatable bonds is 1. The summed E-state index contributed by atoms with van der Waals surface area (Å²) in [4.78, 5) is 30.0. The van der Waals surface area contributed by atoms with Gasteiger partial charge in [-0.15, -0.1) is 0 Å². The molecule has 2 amide bonds. The van der Waals surface area contributed by atoms with Crippen molar-refractivity contribution >= 4 is 22.7 Å². The average Bonchev–Trinajstić information content (AvgIpc) is 3.46. The van der Waals surface area contributed by atoms with Crippen molar-refractivity contribution in [2.24, 2.45) is 0 Å². The highest BCUT2D eigenvalue weighted by Crippen LogP contribution is 2.46. The lowest BCUT2D eigenvalue weighted by molar-refractivity contribution is -0.216. The van der Waals surface area contributed by atoms with Crippen LogP contribution >= 0.6 is 0 Å². The molecule has 0 bridgehead atoms. The highest BCUT2D eigenvalue weighted by atomic mass is 16.7. The zero-order chi connectivity index (χ0) is 24.3. The zero-order valence-electron chi connectivity index (χ0n) is 20.2. The Morgan fingerprint density at radius 3 is 2.92 bits per heavy atom. The Hall–Kier alpha value is -3.20. The number of fused-ring (bicyclic) bond motifs is 3. The van der Waals surface area contributed by atoms with Crippen molar-refractivity contribution in [2.75, 3.05) is 13.2 Å². The Morgan fingerprint density at radius 1 is 1.06 bits per heavy atom. The SMILES string of the molecule is O=C1CCC(N2Cc3cc4c(cc3CO2)OCC42CCNCc3cccc4ccn(c34)CC2)C(=O)N1. The molecule has 3 aromatic rings. The van der Waals surface area contributed by atoms with Crippen LogP contribution in [0.4, 0.5) is 0 Å². The van der Waals surface area contributed by atoms with E-state index in [0.29, 0.717) is 32.6 Å². The van der Waals surface area contributed by atoms with E-state index in [-0.39, 0.29) is 17.2 Å². The Kier molecular flexibility index (Phi) is 5.16. The minimum atomic E-state index is -0.441. The molecule has 0 saturated carbocycles. The van der Waals surface area contributed by atoms with Crippen molar-refractivity contribution in [3.8, 4) is 5.75 Å². The summed E-state index contributed by atoms with van der Waals surface area (Å²) in [5.74, 6) is 0.479. The van der Waals surface area contributed by atoms with E-state index in [0.717, 1.165) is 43.8 Å². The van der Waals surface area contributed by atoms with Crippen LogP contribution in [0.25, 0.3) is 10.9 Å². The number of aromatic nitrogens is 1. The van der Waals surface area contributed by atoms with E-state index in [9.17, 15) is 9.59 Å². The highest BCUT2D eigenvalue weighted by Gasteiger charge is 2.42. The molecule has 1 spiro atoms. The number of piperidine rings is 1. The maximum absolute atomic E-state index is 12.4. The Balaban J connectivity index is 1.20. The molecule has 2 unspecified atom stereocenters. The van der Waals surface area contributed by atoms with Gasteiger partial charge < -0.3 is 14.6 Å². The summed E-state index contributed by atoms with van der Waals surface area (Å²) < 4.78 is 8.71. The topological polar surface area (TPSA) is 84.8 Å². The van der Waals surface area contributed by atoms with Crippen molar-refractivity contribution in [3.05, 3.63) is 64.8 Å². The van der Waals surface area contributed by atoms with E-state index in [4.69, 9.17) is 9.57 Å². The number of carbonyl (C=O) groups excluding carboxylic acids is 2. The van der Waals surface area contributed by atoms with Crippen LogP contribution in [0.1, 0.15) is 47.9 Å². The predicted octanol–water partition coefficient (Wildman–Crippen LogP) is 2.91. The fourth-order valence-corrected chi connectivity index (χ4v) is 6.39. The van der Waals surface area contributed by atoms with E-state index in [1.54, 1.807) is 5.06 Å². The van der Waals surface area contributed by atoms with Gasteiger partial charge in [0.1, 0.15) is 11.8 Å². The molecule has 36 heavy (non-hydrogen) atoms. The first-order chi connectivity index (χ1) is 17.6. The summed E-state index contributed by atoms with van der Waals surface area (Å²) >= 11 is 0. The molecule has 1 aromatic heterocycles. The van der Waals surface area contributed by atoms with Gasteiger partial charge in [0.05, 0.1) is 25.3 Å². The van der Waals surface area contributed by atoms with Crippen LogP contribution in [-0.2, 0) is 46.1 Å². The largest absolute Gasteiger partial charge is 0.492 e. The summed E-state index contributed by atoms with van der Waals surface area (Å²) in [5, 5.41) is 9.16. The molecule has 1 saturated heterocycles. The van der Waals surface area contributed by atoms with Crippen LogP contribution in [0.15, 0.2) is 42.6 Å². The first-order valence-electron chi connectivity index (χ1n) is 12.9. The number of carbonyl (C=O) groups is 2. The van der Waals surface area contributed by atoms with Crippen molar-refractivity contribution in [2.45, 2.75) is 63.4 Å². The quantitative estimate of drug-likeness (QED) is 0.515. The van der Waals surface area contributed by atoms with E-state index in [2.05, 4.69) is 57.8 Å². The molecule has 4 aliphatic rings. The first kappa shape index (κ1) is 22.0. The maximum Gasteiger partial charge on any atom is 0.246 e. The molecular formula is C28H30N4O4. The van der Waals surface area contributed by atoms with Crippen molar-refractivity contribution in [1.29, 1.82) is 0 Å². The smallest absolute Gasteiger partial charge is 0.246 e. The van der Waals surface area contributed by atoms with E-state index >= 15 is 0 Å². The number of nitrogens with one attached hydrogen (secondary N) is 2. The van der Waals surface area contributed by atoms with Crippen LogP contribution in [0, 0.1) is 0 Å². The van der Waals surface area contributed by atoms with Crippen molar-refractivity contribution in [3.63, 3.8) is 0 Å². The second kappa shape index (κ2) is 8.44. The van der Waals surface area contributed by atoms with Gasteiger partial charge in [-0.25, -0.2) is 0 Å². The van der Waals surface area contributed by atoms with Gasteiger partial charge in [-0.3, -0.25) is 19.7 Å². The number of benzene rings is 2. The highest BCUT2D eigenvalue weighted by molar-refractivity contribution is 6.00. The number of aryl methyl sites for hydroxylation is 1. The first-order valence-corrected chi connectivity index (χ1v) is 12.9. The number of nitrogens with zero attached hydrogens (tertiary/aromatic N) is 2. The number of amides is 2. The third-order valence-corrected chi connectivity index (χ3v) is 8.45. The van der Waals surface area contributed by atoms with Crippen LogP contribution in [-0.4, -0.2) is 40.6 Å². The molecule has 8 nitrogen and oxygen atoms in total. The number of hydrogen-bond acceptors (Lipinski definition) is 6. The number of para-hydroxylation sites is 1. The third-order valence-electron chi connectivity index (χ3n) is 8.45. The fourth-order valence-electron chi connectivity index (χ4n) is 6.39. The molecule has 4 aliphatic heterocycles. The lowest BCUT2D eigenvalue weighted by Crippen LogP contribution is -2.52. The summed E-state index contributed by atoms with van der Waals surface area (Å²) in [6.45, 7) is 4.31. The minimum Gasteiger partial charge on any atom is -0.492 e. The van der Waals surface area contributed by atoms with Gasteiger partial charge in [0, 0.05) is 36.7 Å². The monoisotopic (exact) mass is 486 g/mol. The molecule has 0 radical (unpaired) electrons. The van der Waals surface area contributed by atoms with Crippen molar-refractivity contribution in [1.82, 2.24) is 20.3 Å². The fraction of sp³-hybridized carbons (Fsp3) is 0.429. The van der Waals surface area contributed by atoms with E-state index in [1.165, 1.54) is 27.6 Å². The molecule has 0 aliphatic carbocycles. The second-order valence-electron chi connectivity index (χ2n) is 10.5. The van der Waals surface area contributed by atoms with Gasteiger partial charge in [0.15, 0.2) is 0 Å². The third kappa shape index (κ3) is 3.55. The van der Waals surface area contributed by atoms with Gasteiger partial charge in [-0.2, -0.15) is 5.06 Å². The molecule has 2 aromatic carbocycles. The molecule has 1 fully saturated rings. The number of ether oxygens (including phenoxy) is 1. The predicted molar refractivity (Wildman–Crippen MR) is 133 cm³/mol. The summed E-state index contributed by atoms with van der Waals surface area (Å²) in [5.41, 5.74) is 6.15. The lowest BCUT2D eigenvalue weighted by atomic mass is 9.75. The Labute approximate surface area is 209 Å². The van der Waals surface area contributed by atoms with Crippen LogP contribution < -0.4 is 15.4 Å². The van der Waals surface area contributed by atoms with E-state index in [1.807, 2.05) is 0 Å². The van der Waals surface area contributed by atoms with E-state index < -0.39 is 6.04 Å². The molecule has 186 valence electrons. The molecule has 2 N–H and O–H groups in total. The lowest BCUT2D eigenvalue weighted by Gasteiger charge is -2.36. The number of imide groups is 1. The minimum absolute atomic E-state index is 0.0714. The zero-order valence-corrected chi connectivity index (χ0v) is 20.2. The molecular weight excluding hydrogens is 456 g/mol.